The lowest BCUT2D eigenvalue weighted by Crippen LogP contribution is -2.66. The van der Waals surface area contributed by atoms with Gasteiger partial charge in [0.1, 0.15) is 73.2 Å². The lowest BCUT2D eigenvalue weighted by atomic mass is 9.96. The van der Waals surface area contributed by atoms with Crippen molar-refractivity contribution in [2.45, 2.75) is 426 Å². The fourth-order valence-electron chi connectivity index (χ4n) is 13.6. The molecule has 0 bridgehead atoms. The number of amides is 1. The van der Waals surface area contributed by atoms with Crippen LogP contribution in [0, 0.1) is 0 Å². The molecule has 0 aromatic carbocycles. The average Bonchev–Trinajstić information content (AvgIpc) is 0.797. The summed E-state index contributed by atoms with van der Waals surface area (Å²) in [5, 5.41) is 121. The highest BCUT2D eigenvalue weighted by Crippen LogP contribution is 2.33. The largest absolute Gasteiger partial charge is 0.394 e. The minimum Gasteiger partial charge on any atom is -0.394 e. The maximum Gasteiger partial charge on any atom is 0.220 e. The summed E-state index contributed by atoms with van der Waals surface area (Å²) in [5.41, 5.74) is 0. The van der Waals surface area contributed by atoms with Crippen LogP contribution < -0.4 is 5.32 Å². The van der Waals surface area contributed by atoms with Crippen LogP contribution in [0.4, 0.5) is 0 Å². The molecule has 17 atom stereocenters. The van der Waals surface area contributed by atoms with Crippen molar-refractivity contribution < 1.29 is 89.4 Å². The van der Waals surface area contributed by atoms with Gasteiger partial charge in [0.2, 0.25) is 5.91 Å². The second-order valence-electron chi connectivity index (χ2n) is 28.5. The Labute approximate surface area is 587 Å². The zero-order valence-electron chi connectivity index (χ0n) is 60.8. The molecule has 3 aliphatic heterocycles. The molecule has 0 saturated carbocycles. The molecule has 570 valence electrons. The molecule has 19 nitrogen and oxygen atoms in total. The number of aliphatic hydroxyl groups is 11. The fourth-order valence-corrected chi connectivity index (χ4v) is 13.6. The first kappa shape index (κ1) is 89.2. The molecule has 3 saturated heterocycles. The van der Waals surface area contributed by atoms with E-state index in [0.29, 0.717) is 12.8 Å². The van der Waals surface area contributed by atoms with Gasteiger partial charge >= 0.3 is 0 Å². The molecule has 17 unspecified atom stereocenters. The monoisotopic (exact) mass is 1380 g/mol. The van der Waals surface area contributed by atoms with E-state index in [9.17, 15) is 61.0 Å². The van der Waals surface area contributed by atoms with Crippen molar-refractivity contribution in [3.8, 4) is 0 Å². The number of ether oxygens (including phenoxy) is 6. The molecule has 3 heterocycles. The third-order valence-electron chi connectivity index (χ3n) is 20.0. The number of carbonyl (C=O) groups excluding carboxylic acids is 1. The van der Waals surface area contributed by atoms with E-state index >= 15 is 0 Å². The highest BCUT2D eigenvalue weighted by Gasteiger charge is 2.54. The molecule has 12 N–H and O–H groups in total. The smallest absolute Gasteiger partial charge is 0.220 e. The molecule has 1 amide bonds. The first-order valence-electron chi connectivity index (χ1n) is 39.7. The normalized spacial score (nSPS) is 27.0. The van der Waals surface area contributed by atoms with Crippen LogP contribution in [-0.2, 0) is 33.2 Å². The summed E-state index contributed by atoms with van der Waals surface area (Å²) in [6.45, 7) is 1.83. The van der Waals surface area contributed by atoms with E-state index < -0.39 is 124 Å². The van der Waals surface area contributed by atoms with E-state index in [2.05, 4.69) is 55.6 Å². The summed E-state index contributed by atoms with van der Waals surface area (Å²) in [4.78, 5) is 13.5. The van der Waals surface area contributed by atoms with Gasteiger partial charge in [-0.05, 0) is 51.4 Å². The van der Waals surface area contributed by atoms with Crippen molar-refractivity contribution in [3.63, 3.8) is 0 Å². The molecular formula is C78H145NO18. The van der Waals surface area contributed by atoms with Crippen LogP contribution in [0.2, 0.25) is 0 Å². The van der Waals surface area contributed by atoms with E-state index in [1.165, 1.54) is 225 Å². The lowest BCUT2D eigenvalue weighted by molar-refractivity contribution is -0.379. The average molecular weight is 1390 g/mol. The van der Waals surface area contributed by atoms with Crippen LogP contribution in [0.15, 0.2) is 36.5 Å². The summed E-state index contributed by atoms with van der Waals surface area (Å²) in [6.07, 6.45) is 45.1. The minimum atomic E-state index is -1.97. The topological polar surface area (TPSA) is 307 Å². The standard InChI is InChI=1S/C78H145NO18/c1-3-5-7-9-11-13-15-17-19-21-23-25-27-29-30-32-33-35-37-39-41-43-45-47-49-51-53-55-62(83)61(79-66(84)56-54-52-50-48-46-44-42-40-38-36-34-31-28-26-24-22-20-18-16-14-12-10-8-6-4-2)60-92-76-72(90)69(87)74(64(58-81)94-76)97-78-73(91)70(88)75(65(59-82)95-78)96-77-71(89)68(86)67(85)63(57-80)93-77/h16,18,22,24,28,31,61-65,67-78,80-83,85-91H,3-15,17,19-21,23,25-27,29-30,32-60H2,1-2H3,(H,79,84)/b18-16-,24-22-,31-28-. The third-order valence-corrected chi connectivity index (χ3v) is 20.0. The van der Waals surface area contributed by atoms with Gasteiger partial charge in [0.15, 0.2) is 18.9 Å². The predicted molar refractivity (Wildman–Crippen MR) is 383 cm³/mol. The molecule has 0 aromatic heterocycles. The van der Waals surface area contributed by atoms with Gasteiger partial charge in [-0.1, -0.05) is 301 Å². The Balaban J connectivity index is 1.38. The Kier molecular flexibility index (Phi) is 54.6. The predicted octanol–water partition coefficient (Wildman–Crippen LogP) is 12.7. The van der Waals surface area contributed by atoms with Gasteiger partial charge < -0.3 is 89.9 Å². The highest BCUT2D eigenvalue weighted by atomic mass is 16.8. The summed E-state index contributed by atoms with van der Waals surface area (Å²) >= 11 is 0. The minimum absolute atomic E-state index is 0.243. The number of aliphatic hydroxyl groups excluding tert-OH is 11. The Morgan fingerprint density at radius 2 is 0.680 bits per heavy atom. The summed E-state index contributed by atoms with van der Waals surface area (Å²) in [7, 11) is 0. The van der Waals surface area contributed by atoms with E-state index in [0.717, 1.165) is 64.2 Å². The van der Waals surface area contributed by atoms with Crippen LogP contribution in [-0.4, -0.2) is 193 Å². The van der Waals surface area contributed by atoms with Gasteiger partial charge in [0, 0.05) is 6.42 Å². The van der Waals surface area contributed by atoms with Crippen LogP contribution in [0.5, 0.6) is 0 Å². The zero-order chi connectivity index (χ0) is 70.4. The van der Waals surface area contributed by atoms with Crippen LogP contribution in [0.1, 0.15) is 322 Å². The number of carbonyl (C=O) groups is 1. The molecule has 3 aliphatic rings. The van der Waals surface area contributed by atoms with Crippen molar-refractivity contribution in [2.24, 2.45) is 0 Å². The Hall–Kier alpha value is -1.99. The van der Waals surface area contributed by atoms with E-state index in [1.54, 1.807) is 0 Å². The maximum atomic E-state index is 13.5. The summed E-state index contributed by atoms with van der Waals surface area (Å²) in [6, 6.07) is -0.892. The van der Waals surface area contributed by atoms with Crippen molar-refractivity contribution in [1.29, 1.82) is 0 Å². The molecule has 3 fully saturated rings. The Morgan fingerprint density at radius 3 is 1.06 bits per heavy atom. The summed E-state index contributed by atoms with van der Waals surface area (Å²) in [5.74, 6) is -0.243. The van der Waals surface area contributed by atoms with Gasteiger partial charge in [0.05, 0.1) is 38.6 Å². The van der Waals surface area contributed by atoms with Crippen LogP contribution in [0.25, 0.3) is 0 Å². The number of allylic oxidation sites excluding steroid dienone is 6. The van der Waals surface area contributed by atoms with Gasteiger partial charge in [-0.15, -0.1) is 0 Å². The SMILES string of the molecule is CCCCCCC/C=C\C/C=C\C/C=C\CCCCCCCCCCCCC(=O)NC(COC1OC(CO)C(OC2OC(CO)C(OC3OC(CO)C(O)C(O)C3O)C(O)C2O)C(O)C1O)C(O)CCCCCCCCCCCCCCCCCCCCCCCCCCCCC. The first-order chi connectivity index (χ1) is 47.3. The molecule has 0 aromatic rings. The van der Waals surface area contributed by atoms with Gasteiger partial charge in [-0.2, -0.15) is 0 Å². The van der Waals surface area contributed by atoms with Gasteiger partial charge in [0.25, 0.3) is 0 Å². The summed E-state index contributed by atoms with van der Waals surface area (Å²) < 4.78 is 34.5. The molecule has 0 aliphatic carbocycles. The maximum absolute atomic E-state index is 13.5. The molecule has 19 heteroatoms. The molecule has 97 heavy (non-hydrogen) atoms. The fraction of sp³-hybridized carbons (Fsp3) is 0.910. The quantitative estimate of drug-likeness (QED) is 0.0199. The van der Waals surface area contributed by atoms with E-state index in [4.69, 9.17) is 28.4 Å². The zero-order valence-corrected chi connectivity index (χ0v) is 60.8. The lowest BCUT2D eigenvalue weighted by Gasteiger charge is -2.48. The second-order valence-corrected chi connectivity index (χ2v) is 28.5. The number of hydrogen-bond donors (Lipinski definition) is 12. The van der Waals surface area contributed by atoms with Crippen molar-refractivity contribution in [1.82, 2.24) is 5.32 Å². The molecule has 0 radical (unpaired) electrons. The van der Waals surface area contributed by atoms with Gasteiger partial charge in [-0.3, -0.25) is 4.79 Å². The highest BCUT2D eigenvalue weighted by molar-refractivity contribution is 5.76. The van der Waals surface area contributed by atoms with Crippen molar-refractivity contribution in [3.05, 3.63) is 36.5 Å². The van der Waals surface area contributed by atoms with Gasteiger partial charge in [-0.25, -0.2) is 0 Å². The van der Waals surface area contributed by atoms with E-state index in [-0.39, 0.29) is 18.9 Å². The van der Waals surface area contributed by atoms with E-state index in [1.807, 2.05) is 0 Å². The Morgan fingerprint density at radius 1 is 0.371 bits per heavy atom. The van der Waals surface area contributed by atoms with Crippen molar-refractivity contribution in [2.75, 3.05) is 26.4 Å². The van der Waals surface area contributed by atoms with Crippen LogP contribution in [0.3, 0.4) is 0 Å². The third kappa shape index (κ3) is 40.0. The number of nitrogens with one attached hydrogen (secondary N) is 1. The number of hydrogen-bond acceptors (Lipinski definition) is 18. The second kappa shape index (κ2) is 59.4. The van der Waals surface area contributed by atoms with Crippen molar-refractivity contribution >= 4 is 5.91 Å². The Bertz CT molecular complexity index is 1900. The number of rotatable bonds is 63. The molecule has 3 rings (SSSR count). The van der Waals surface area contributed by atoms with Crippen LogP contribution >= 0.6 is 0 Å². The molecular weight excluding hydrogens is 1240 g/mol. The number of unbranched alkanes of at least 4 members (excludes halogenated alkanes) is 41. The first-order valence-corrected chi connectivity index (χ1v) is 39.7. The molecule has 0 spiro atoms.